The zero-order chi connectivity index (χ0) is 13.3. The number of carbonyl (C=O) groups excluding carboxylic acids is 2. The van der Waals surface area contributed by atoms with E-state index in [2.05, 4.69) is 12.6 Å². The van der Waals surface area contributed by atoms with Gasteiger partial charge in [0.25, 0.3) is 0 Å². The normalized spacial score (nSPS) is 13.7. The van der Waals surface area contributed by atoms with Crippen LogP contribution in [-0.2, 0) is 22.6 Å². The highest BCUT2D eigenvalue weighted by Crippen LogP contribution is 2.28. The minimum atomic E-state index is -0.00738. The lowest BCUT2D eigenvalue weighted by molar-refractivity contribution is -0.127. The van der Waals surface area contributed by atoms with Gasteiger partial charge in [-0.3, -0.25) is 9.59 Å². The van der Waals surface area contributed by atoms with Crippen LogP contribution in [0.2, 0.25) is 0 Å². The maximum absolute atomic E-state index is 11.6. The molecule has 1 heterocycles. The molecule has 0 aromatic heterocycles. The molecule has 2 rings (SSSR count). The minimum Gasteiger partial charge on any atom is -0.341 e. The first kappa shape index (κ1) is 13.0. The number of nitrogens with zero attached hydrogens (tertiary/aromatic N) is 2. The summed E-state index contributed by atoms with van der Waals surface area (Å²) >= 11 is 3.97. The Kier molecular flexibility index (Phi) is 3.61. The van der Waals surface area contributed by atoms with E-state index in [0.29, 0.717) is 13.0 Å². The van der Waals surface area contributed by atoms with Crippen LogP contribution in [0.25, 0.3) is 0 Å². The molecule has 0 N–H and O–H groups in total. The molecular weight excluding hydrogens is 248 g/mol. The Morgan fingerprint density at radius 3 is 2.89 bits per heavy atom. The van der Waals surface area contributed by atoms with E-state index in [0.717, 1.165) is 16.8 Å². The molecule has 96 valence electrons. The van der Waals surface area contributed by atoms with Crippen LogP contribution in [0, 0.1) is 0 Å². The van der Waals surface area contributed by atoms with Gasteiger partial charge in [0, 0.05) is 26.3 Å². The highest BCUT2D eigenvalue weighted by atomic mass is 32.1. The first-order valence-electron chi connectivity index (χ1n) is 5.76. The molecule has 0 unspecified atom stereocenters. The molecule has 5 heteroatoms. The number of thiol groups is 1. The van der Waals surface area contributed by atoms with Crippen molar-refractivity contribution in [1.29, 1.82) is 0 Å². The standard InChI is InChI=1S/C13H16N2O2S/c1-14(13(17)8-18)7-9-3-4-11-10(5-9)6-12(16)15(11)2/h3-5,18H,6-8H2,1-2H3. The fourth-order valence-corrected chi connectivity index (χ4v) is 2.35. The Labute approximate surface area is 112 Å². The third-order valence-corrected chi connectivity index (χ3v) is 3.47. The number of likely N-dealkylation sites (N-methyl/N-ethyl adjacent to an activating group) is 1. The van der Waals surface area contributed by atoms with Gasteiger partial charge in [-0.15, -0.1) is 0 Å². The fraction of sp³-hybridized carbons (Fsp3) is 0.385. The van der Waals surface area contributed by atoms with Crippen LogP contribution in [0.4, 0.5) is 5.69 Å². The summed E-state index contributed by atoms with van der Waals surface area (Å²) in [6.45, 7) is 0.546. The minimum absolute atomic E-state index is 0.00738. The van der Waals surface area contributed by atoms with Crippen LogP contribution in [0.1, 0.15) is 11.1 Å². The summed E-state index contributed by atoms with van der Waals surface area (Å²) in [5.74, 6) is 0.317. The molecule has 18 heavy (non-hydrogen) atoms. The molecule has 1 aromatic rings. The molecule has 0 saturated carbocycles. The van der Waals surface area contributed by atoms with Crippen molar-refractivity contribution in [3.05, 3.63) is 29.3 Å². The summed E-state index contributed by atoms with van der Waals surface area (Å²) in [4.78, 5) is 26.3. The Bertz CT molecular complexity index is 502. The van der Waals surface area contributed by atoms with Crippen molar-refractivity contribution in [2.24, 2.45) is 0 Å². The number of rotatable bonds is 3. The fourth-order valence-electron chi connectivity index (χ4n) is 2.10. The van der Waals surface area contributed by atoms with Gasteiger partial charge in [-0.05, 0) is 17.2 Å². The van der Waals surface area contributed by atoms with Gasteiger partial charge in [-0.2, -0.15) is 12.6 Å². The van der Waals surface area contributed by atoms with Crippen molar-refractivity contribution < 1.29 is 9.59 Å². The lowest BCUT2D eigenvalue weighted by Gasteiger charge is -2.17. The lowest BCUT2D eigenvalue weighted by atomic mass is 10.1. The second kappa shape index (κ2) is 5.02. The van der Waals surface area contributed by atoms with Gasteiger partial charge in [-0.25, -0.2) is 0 Å². The number of carbonyl (C=O) groups is 2. The number of benzene rings is 1. The SMILES string of the molecule is CN(Cc1ccc2c(c1)CC(=O)N2C)C(=O)CS. The van der Waals surface area contributed by atoms with E-state index >= 15 is 0 Å². The number of anilines is 1. The topological polar surface area (TPSA) is 40.6 Å². The summed E-state index contributed by atoms with van der Waals surface area (Å²) in [6.07, 6.45) is 0.448. The van der Waals surface area contributed by atoms with Gasteiger partial charge in [-0.1, -0.05) is 12.1 Å². The Hall–Kier alpha value is -1.49. The van der Waals surface area contributed by atoms with Crippen molar-refractivity contribution in [3.63, 3.8) is 0 Å². The summed E-state index contributed by atoms with van der Waals surface area (Å²) in [7, 11) is 3.54. The van der Waals surface area contributed by atoms with Crippen LogP contribution in [0.5, 0.6) is 0 Å². The molecule has 2 amide bonds. The molecule has 0 fully saturated rings. The van der Waals surface area contributed by atoms with E-state index in [1.54, 1.807) is 23.9 Å². The van der Waals surface area contributed by atoms with Gasteiger partial charge in [0.2, 0.25) is 11.8 Å². The molecule has 0 atom stereocenters. The molecule has 0 saturated heterocycles. The van der Waals surface area contributed by atoms with Gasteiger partial charge >= 0.3 is 0 Å². The summed E-state index contributed by atoms with van der Waals surface area (Å²) < 4.78 is 0. The van der Waals surface area contributed by atoms with E-state index in [1.807, 2.05) is 18.2 Å². The van der Waals surface area contributed by atoms with Crippen molar-refractivity contribution in [2.75, 3.05) is 24.7 Å². The Morgan fingerprint density at radius 2 is 2.22 bits per heavy atom. The first-order valence-corrected chi connectivity index (χ1v) is 6.39. The average molecular weight is 264 g/mol. The third-order valence-electron chi connectivity index (χ3n) is 3.20. The number of hydrogen-bond donors (Lipinski definition) is 1. The number of amides is 2. The van der Waals surface area contributed by atoms with Crippen molar-refractivity contribution >= 4 is 30.1 Å². The maximum Gasteiger partial charge on any atom is 0.232 e. The predicted molar refractivity (Wildman–Crippen MR) is 73.9 cm³/mol. The van der Waals surface area contributed by atoms with Gasteiger partial charge in [0.05, 0.1) is 12.2 Å². The van der Waals surface area contributed by atoms with Crippen molar-refractivity contribution in [3.8, 4) is 0 Å². The largest absolute Gasteiger partial charge is 0.341 e. The molecule has 0 bridgehead atoms. The molecule has 4 nitrogen and oxygen atoms in total. The van der Waals surface area contributed by atoms with E-state index in [4.69, 9.17) is 0 Å². The highest BCUT2D eigenvalue weighted by Gasteiger charge is 2.23. The van der Waals surface area contributed by atoms with Crippen LogP contribution in [-0.4, -0.2) is 36.6 Å². The zero-order valence-corrected chi connectivity index (χ0v) is 11.4. The first-order chi connectivity index (χ1) is 8.52. The lowest BCUT2D eigenvalue weighted by Crippen LogP contribution is -2.27. The zero-order valence-electron chi connectivity index (χ0n) is 10.5. The molecular formula is C13H16N2O2S. The Morgan fingerprint density at radius 1 is 1.50 bits per heavy atom. The summed E-state index contributed by atoms with van der Waals surface area (Å²) in [6, 6.07) is 5.89. The smallest absolute Gasteiger partial charge is 0.232 e. The molecule has 1 aromatic carbocycles. The van der Waals surface area contributed by atoms with E-state index < -0.39 is 0 Å². The molecule has 1 aliphatic heterocycles. The molecule has 0 aliphatic carbocycles. The van der Waals surface area contributed by atoms with E-state index in [1.165, 1.54) is 0 Å². The molecule has 0 spiro atoms. The molecule has 0 radical (unpaired) electrons. The third kappa shape index (κ3) is 2.36. The summed E-state index contributed by atoms with van der Waals surface area (Å²) in [5.41, 5.74) is 3.04. The number of hydrogen-bond acceptors (Lipinski definition) is 3. The quantitative estimate of drug-likeness (QED) is 0.830. The van der Waals surface area contributed by atoms with Crippen LogP contribution >= 0.6 is 12.6 Å². The number of fused-ring (bicyclic) bond motifs is 1. The highest BCUT2D eigenvalue weighted by molar-refractivity contribution is 7.81. The van der Waals surface area contributed by atoms with Crippen molar-refractivity contribution in [2.45, 2.75) is 13.0 Å². The van der Waals surface area contributed by atoms with Crippen LogP contribution in [0.15, 0.2) is 18.2 Å². The second-order valence-corrected chi connectivity index (χ2v) is 4.82. The van der Waals surface area contributed by atoms with Crippen molar-refractivity contribution in [1.82, 2.24) is 4.90 Å². The van der Waals surface area contributed by atoms with Gasteiger partial charge in [0.1, 0.15) is 0 Å². The Balaban J connectivity index is 2.16. The van der Waals surface area contributed by atoms with Crippen LogP contribution < -0.4 is 4.90 Å². The van der Waals surface area contributed by atoms with Gasteiger partial charge < -0.3 is 9.80 Å². The maximum atomic E-state index is 11.6. The predicted octanol–water partition coefficient (Wildman–Crippen LogP) is 1.09. The van der Waals surface area contributed by atoms with Crippen LogP contribution in [0.3, 0.4) is 0 Å². The molecule has 1 aliphatic rings. The van der Waals surface area contributed by atoms with E-state index in [-0.39, 0.29) is 17.6 Å². The monoisotopic (exact) mass is 264 g/mol. The summed E-state index contributed by atoms with van der Waals surface area (Å²) in [5, 5.41) is 0. The van der Waals surface area contributed by atoms with E-state index in [9.17, 15) is 9.59 Å². The van der Waals surface area contributed by atoms with Gasteiger partial charge in [0.15, 0.2) is 0 Å². The average Bonchev–Trinajstić information content (AvgIpc) is 2.63. The second-order valence-electron chi connectivity index (χ2n) is 4.50.